The van der Waals surface area contributed by atoms with Crippen LogP contribution in [-0.4, -0.2) is 25.1 Å². The minimum Gasteiger partial charge on any atom is -0.372 e. The lowest BCUT2D eigenvalue weighted by molar-refractivity contribution is 0.134. The van der Waals surface area contributed by atoms with Crippen LogP contribution < -0.4 is 0 Å². The molecule has 0 atom stereocenters. The molecule has 126 valence electrons. The highest BCUT2D eigenvalue weighted by Crippen LogP contribution is 2.33. The van der Waals surface area contributed by atoms with Gasteiger partial charge in [0.15, 0.2) is 5.82 Å². The van der Waals surface area contributed by atoms with Crippen LogP contribution >= 0.6 is 0 Å². The molecule has 1 aliphatic rings. The van der Waals surface area contributed by atoms with E-state index < -0.39 is 0 Å². The highest BCUT2D eigenvalue weighted by atomic mass is 16.5. The molecule has 0 unspecified atom stereocenters. The largest absolute Gasteiger partial charge is 0.372 e. The third kappa shape index (κ3) is 2.57. The van der Waals surface area contributed by atoms with E-state index in [1.807, 2.05) is 30.3 Å². The van der Waals surface area contributed by atoms with Crippen molar-refractivity contribution in [3.8, 4) is 34.2 Å². The Bertz CT molecular complexity index is 1060. The molecule has 6 nitrogen and oxygen atoms in total. The Labute approximate surface area is 149 Å². The number of aromatic nitrogens is 5. The number of aromatic amines is 1. The molecule has 0 amide bonds. The van der Waals surface area contributed by atoms with Gasteiger partial charge in [0.1, 0.15) is 5.69 Å². The molecule has 4 aromatic rings. The van der Waals surface area contributed by atoms with Crippen LogP contribution in [0.15, 0.2) is 60.9 Å². The minimum atomic E-state index is 0.642. The number of imidazole rings is 1. The van der Waals surface area contributed by atoms with E-state index in [1.165, 1.54) is 11.1 Å². The summed E-state index contributed by atoms with van der Waals surface area (Å²) in [4.78, 5) is 12.7. The Morgan fingerprint density at radius 3 is 2.65 bits per heavy atom. The average Bonchev–Trinajstić information content (AvgIpc) is 3.36. The molecular weight excluding hydrogens is 326 g/mol. The van der Waals surface area contributed by atoms with E-state index in [1.54, 1.807) is 12.4 Å². The van der Waals surface area contributed by atoms with Crippen molar-refractivity contribution < 1.29 is 4.74 Å². The smallest absolute Gasteiger partial charge is 0.159 e. The van der Waals surface area contributed by atoms with Crippen molar-refractivity contribution in [3.05, 3.63) is 72.1 Å². The van der Waals surface area contributed by atoms with Crippen LogP contribution in [0.2, 0.25) is 0 Å². The molecule has 0 saturated heterocycles. The first-order chi connectivity index (χ1) is 12.9. The van der Waals surface area contributed by atoms with E-state index in [9.17, 15) is 0 Å². The molecule has 1 aliphatic heterocycles. The van der Waals surface area contributed by atoms with E-state index in [0.29, 0.717) is 24.7 Å². The van der Waals surface area contributed by atoms with Crippen LogP contribution in [0, 0.1) is 0 Å². The molecule has 3 aromatic heterocycles. The zero-order valence-corrected chi connectivity index (χ0v) is 13.9. The van der Waals surface area contributed by atoms with E-state index in [4.69, 9.17) is 9.72 Å². The second kappa shape index (κ2) is 6.16. The van der Waals surface area contributed by atoms with E-state index in [-0.39, 0.29) is 0 Å². The first-order valence-electron chi connectivity index (χ1n) is 8.38. The van der Waals surface area contributed by atoms with Gasteiger partial charge in [-0.25, -0.2) is 4.98 Å². The molecule has 0 saturated carbocycles. The Morgan fingerprint density at radius 2 is 1.81 bits per heavy atom. The number of nitrogens with one attached hydrogen (secondary N) is 1. The molecule has 0 bridgehead atoms. The number of hydrogen-bond acceptors (Lipinski definition) is 5. The number of H-pyrrole nitrogens is 1. The predicted octanol–water partition coefficient (Wildman–Crippen LogP) is 3.63. The summed E-state index contributed by atoms with van der Waals surface area (Å²) in [5.74, 6) is 0.672. The number of benzene rings is 1. The topological polar surface area (TPSA) is 76.6 Å². The number of pyridine rings is 1. The number of rotatable bonds is 3. The lowest BCUT2D eigenvalue weighted by Crippen LogP contribution is -1.89. The minimum absolute atomic E-state index is 0.642. The van der Waals surface area contributed by atoms with Gasteiger partial charge in [-0.1, -0.05) is 18.2 Å². The zero-order chi connectivity index (χ0) is 17.3. The van der Waals surface area contributed by atoms with Crippen LogP contribution in [0.4, 0.5) is 0 Å². The molecule has 0 aliphatic carbocycles. The zero-order valence-electron chi connectivity index (χ0n) is 13.9. The van der Waals surface area contributed by atoms with Gasteiger partial charge in [0.25, 0.3) is 0 Å². The van der Waals surface area contributed by atoms with Gasteiger partial charge in [-0.05, 0) is 41.5 Å². The monoisotopic (exact) mass is 341 g/mol. The quantitative estimate of drug-likeness (QED) is 0.616. The van der Waals surface area contributed by atoms with Crippen molar-refractivity contribution in [1.82, 2.24) is 25.1 Å². The lowest BCUT2D eigenvalue weighted by atomic mass is 10.0. The number of ether oxygens (including phenoxy) is 1. The van der Waals surface area contributed by atoms with Crippen molar-refractivity contribution in [3.63, 3.8) is 0 Å². The lowest BCUT2D eigenvalue weighted by Gasteiger charge is -2.04. The van der Waals surface area contributed by atoms with Gasteiger partial charge < -0.3 is 9.72 Å². The molecule has 1 aromatic carbocycles. The number of fused-ring (bicyclic) bond motifs is 1. The highest BCUT2D eigenvalue weighted by Gasteiger charge is 2.19. The summed E-state index contributed by atoms with van der Waals surface area (Å²) in [6.45, 7) is 1.32. The number of nitrogens with zero attached hydrogens (tertiary/aromatic N) is 4. The molecular formula is C20H15N5O. The molecule has 5 rings (SSSR count). The molecule has 1 N–H and O–H groups in total. The van der Waals surface area contributed by atoms with Crippen LogP contribution in [0.3, 0.4) is 0 Å². The van der Waals surface area contributed by atoms with Crippen molar-refractivity contribution >= 4 is 0 Å². The first kappa shape index (κ1) is 14.9. The van der Waals surface area contributed by atoms with Gasteiger partial charge in [0.05, 0.1) is 30.3 Å². The Morgan fingerprint density at radius 1 is 0.885 bits per heavy atom. The summed E-state index contributed by atoms with van der Waals surface area (Å²) in [6.07, 6.45) is 3.42. The maximum absolute atomic E-state index is 5.54. The fourth-order valence-corrected chi connectivity index (χ4v) is 3.15. The van der Waals surface area contributed by atoms with Gasteiger partial charge >= 0.3 is 0 Å². The molecule has 0 spiro atoms. The Balaban J connectivity index is 1.69. The van der Waals surface area contributed by atoms with E-state index in [2.05, 4.69) is 38.4 Å². The summed E-state index contributed by atoms with van der Waals surface area (Å²) in [5, 5.41) is 8.12. The van der Waals surface area contributed by atoms with Crippen molar-refractivity contribution in [2.24, 2.45) is 0 Å². The van der Waals surface area contributed by atoms with Crippen molar-refractivity contribution in [2.75, 3.05) is 0 Å². The Kier molecular flexibility index (Phi) is 3.54. The summed E-state index contributed by atoms with van der Waals surface area (Å²) < 4.78 is 5.54. The fourth-order valence-electron chi connectivity index (χ4n) is 3.15. The molecule has 6 heteroatoms. The summed E-state index contributed by atoms with van der Waals surface area (Å²) >= 11 is 0. The van der Waals surface area contributed by atoms with Crippen LogP contribution in [-0.2, 0) is 18.0 Å². The maximum Gasteiger partial charge on any atom is 0.159 e. The molecule has 0 fully saturated rings. The average molecular weight is 341 g/mol. The van der Waals surface area contributed by atoms with Gasteiger partial charge in [0, 0.05) is 18.0 Å². The second-order valence-corrected chi connectivity index (χ2v) is 6.11. The maximum atomic E-state index is 5.54. The third-order valence-electron chi connectivity index (χ3n) is 4.43. The van der Waals surface area contributed by atoms with Gasteiger partial charge in [-0.15, -0.1) is 5.10 Å². The van der Waals surface area contributed by atoms with E-state index in [0.717, 1.165) is 22.6 Å². The van der Waals surface area contributed by atoms with Crippen molar-refractivity contribution in [2.45, 2.75) is 13.2 Å². The van der Waals surface area contributed by atoms with Gasteiger partial charge in [0.2, 0.25) is 0 Å². The van der Waals surface area contributed by atoms with Crippen LogP contribution in [0.25, 0.3) is 34.2 Å². The molecule has 0 radical (unpaired) electrons. The van der Waals surface area contributed by atoms with Gasteiger partial charge in [-0.3, -0.25) is 4.98 Å². The molecule has 26 heavy (non-hydrogen) atoms. The normalized spacial score (nSPS) is 12.9. The highest BCUT2D eigenvalue weighted by molar-refractivity contribution is 5.79. The number of hydrogen-bond donors (Lipinski definition) is 1. The third-order valence-corrected chi connectivity index (χ3v) is 4.43. The van der Waals surface area contributed by atoms with Crippen LogP contribution in [0.5, 0.6) is 0 Å². The van der Waals surface area contributed by atoms with Crippen molar-refractivity contribution in [1.29, 1.82) is 0 Å². The molecule has 4 heterocycles. The Hall–Kier alpha value is -3.38. The van der Waals surface area contributed by atoms with Gasteiger partial charge in [-0.2, -0.15) is 5.10 Å². The standard InChI is InChI=1S/C20H15N5O/c1-2-8-21-16(4-1)19-18(13-6-7-14-11-26-12-15(14)10-13)23-20(24-19)17-5-3-9-22-25-17/h1-10H,11-12H2,(H,23,24). The summed E-state index contributed by atoms with van der Waals surface area (Å²) in [7, 11) is 0. The first-order valence-corrected chi connectivity index (χ1v) is 8.38. The second-order valence-electron chi connectivity index (χ2n) is 6.11. The SMILES string of the molecule is c1ccc(-c2[nH]c(-c3cccnn3)nc2-c2ccc3c(c2)COC3)nc1. The predicted molar refractivity (Wildman–Crippen MR) is 96.8 cm³/mol. The summed E-state index contributed by atoms with van der Waals surface area (Å²) in [5.41, 5.74) is 6.71. The fraction of sp³-hybridized carbons (Fsp3) is 0.100. The summed E-state index contributed by atoms with van der Waals surface area (Å²) in [6, 6.07) is 15.9. The van der Waals surface area contributed by atoms with Crippen LogP contribution in [0.1, 0.15) is 11.1 Å². The van der Waals surface area contributed by atoms with E-state index >= 15 is 0 Å².